The lowest BCUT2D eigenvalue weighted by Gasteiger charge is -2.42. The highest BCUT2D eigenvalue weighted by Crippen LogP contribution is 2.53. The molecule has 13 rings (SSSR count). The summed E-state index contributed by atoms with van der Waals surface area (Å²) in [5.41, 5.74) is 21.5. The van der Waals surface area contributed by atoms with E-state index in [2.05, 4.69) is 229 Å². The Balaban J connectivity index is 1.20. The van der Waals surface area contributed by atoms with E-state index in [0.717, 1.165) is 33.4 Å². The molecule has 3 nitrogen and oxygen atoms in total. The highest BCUT2D eigenvalue weighted by atomic mass is 16.3. The lowest BCUT2D eigenvalue weighted by atomic mass is 9.43. The Morgan fingerprint density at radius 2 is 1.11 bits per heavy atom. The fourth-order valence-corrected chi connectivity index (χ4v) is 11.7. The molecule has 0 N–H and O–H groups in total. The maximum atomic E-state index is 7.14. The first-order valence-corrected chi connectivity index (χ1v) is 23.3. The van der Waals surface area contributed by atoms with Crippen LogP contribution in [-0.2, 0) is 16.2 Å². The Kier molecular flexibility index (Phi) is 7.71. The summed E-state index contributed by atoms with van der Waals surface area (Å²) in [5, 5.41) is 4.82. The molecule has 0 bridgehead atoms. The minimum atomic E-state index is -0.145. The second-order valence-corrected chi connectivity index (χ2v) is 21.3. The van der Waals surface area contributed by atoms with Crippen LogP contribution in [0.25, 0.3) is 83.2 Å². The van der Waals surface area contributed by atoms with Crippen molar-refractivity contribution in [2.75, 3.05) is 4.81 Å². The minimum Gasteiger partial charge on any atom is -0.455 e. The lowest BCUT2D eigenvalue weighted by molar-refractivity contribution is 0.590. The standard InChI is InChI=1S/C61H51BN2O/c1-59(2,3)38-23-26-40(27-24-38)64-52-30-25-39(60(4,5)6)31-45(52)42-28-29-43-46-32-44-41-21-15-16-22-49(41)61(7,8)50(44)35-53(46)63-54-34-48-47(33-51(54)62(64)55(42)56(43)63)57(36-17-11-9-12-18-36)65-58(48)37-19-13-10-14-20-37/h9-35H,1-8H3. The Labute approximate surface area is 382 Å². The Bertz CT molecular complexity index is 3630. The van der Waals surface area contributed by atoms with Crippen LogP contribution >= 0.6 is 0 Å². The maximum Gasteiger partial charge on any atom is 0.333 e. The zero-order chi connectivity index (χ0) is 44.3. The molecule has 0 fully saturated rings. The second-order valence-electron chi connectivity index (χ2n) is 21.3. The van der Waals surface area contributed by atoms with Crippen LogP contribution in [0.1, 0.15) is 77.6 Å². The average Bonchev–Trinajstić information content (AvgIpc) is 3.92. The zero-order valence-electron chi connectivity index (χ0n) is 38.5. The van der Waals surface area contributed by atoms with Crippen molar-refractivity contribution in [2.24, 2.45) is 0 Å². The third-order valence-electron chi connectivity index (χ3n) is 15.1. The Morgan fingerprint density at radius 3 is 1.78 bits per heavy atom. The van der Waals surface area contributed by atoms with Gasteiger partial charge in [0.05, 0.1) is 11.0 Å². The lowest BCUT2D eigenvalue weighted by Crippen LogP contribution is -2.60. The second kappa shape index (κ2) is 13.0. The Hall–Kier alpha value is -7.04. The molecule has 65 heavy (non-hydrogen) atoms. The van der Waals surface area contributed by atoms with Gasteiger partial charge in [0, 0.05) is 60.7 Å². The predicted molar refractivity (Wildman–Crippen MR) is 275 cm³/mol. The van der Waals surface area contributed by atoms with E-state index >= 15 is 0 Å². The smallest absolute Gasteiger partial charge is 0.333 e. The maximum absolute atomic E-state index is 7.14. The van der Waals surface area contributed by atoms with Crippen molar-refractivity contribution in [2.45, 2.75) is 71.6 Å². The van der Waals surface area contributed by atoms with Crippen LogP contribution < -0.4 is 15.7 Å². The molecule has 0 spiro atoms. The van der Waals surface area contributed by atoms with Gasteiger partial charge < -0.3 is 13.8 Å². The van der Waals surface area contributed by atoms with E-state index in [1.807, 2.05) is 0 Å². The van der Waals surface area contributed by atoms with Gasteiger partial charge in [-0.15, -0.1) is 0 Å². The first-order chi connectivity index (χ1) is 31.3. The zero-order valence-corrected chi connectivity index (χ0v) is 38.5. The van der Waals surface area contributed by atoms with Crippen molar-refractivity contribution >= 4 is 61.7 Å². The summed E-state index contributed by atoms with van der Waals surface area (Å²) in [5.74, 6) is 1.79. The van der Waals surface area contributed by atoms with Crippen LogP contribution in [0, 0.1) is 0 Å². The molecule has 2 aromatic heterocycles. The average molecular weight is 839 g/mol. The van der Waals surface area contributed by atoms with E-state index < -0.39 is 0 Å². The van der Waals surface area contributed by atoms with Gasteiger partial charge in [0.25, 0.3) is 0 Å². The summed E-state index contributed by atoms with van der Waals surface area (Å²) in [6.07, 6.45) is 0. The van der Waals surface area contributed by atoms with Gasteiger partial charge in [-0.3, -0.25) is 0 Å². The van der Waals surface area contributed by atoms with Crippen LogP contribution in [0.5, 0.6) is 0 Å². The summed E-state index contributed by atoms with van der Waals surface area (Å²) in [4.78, 5) is 2.65. The minimum absolute atomic E-state index is 0.0191. The first-order valence-electron chi connectivity index (χ1n) is 23.3. The number of fused-ring (bicyclic) bond motifs is 12. The molecule has 1 aliphatic carbocycles. The van der Waals surface area contributed by atoms with Crippen LogP contribution in [0.3, 0.4) is 0 Å². The summed E-state index contributed by atoms with van der Waals surface area (Å²) < 4.78 is 9.78. The van der Waals surface area contributed by atoms with Gasteiger partial charge in [-0.1, -0.05) is 177 Å². The molecule has 0 radical (unpaired) electrons. The van der Waals surface area contributed by atoms with Gasteiger partial charge in [-0.2, -0.15) is 0 Å². The monoisotopic (exact) mass is 838 g/mol. The Morgan fingerprint density at radius 1 is 0.477 bits per heavy atom. The van der Waals surface area contributed by atoms with E-state index in [0.29, 0.717) is 0 Å². The number of furan rings is 1. The van der Waals surface area contributed by atoms with Crippen molar-refractivity contribution in [3.63, 3.8) is 0 Å². The van der Waals surface area contributed by atoms with Gasteiger partial charge in [0.15, 0.2) is 0 Å². The van der Waals surface area contributed by atoms with Crippen molar-refractivity contribution in [1.82, 2.24) is 4.57 Å². The number of benzene rings is 8. The van der Waals surface area contributed by atoms with Gasteiger partial charge in [-0.25, -0.2) is 0 Å². The normalized spacial score (nSPS) is 14.5. The number of rotatable bonds is 3. The van der Waals surface area contributed by atoms with Crippen LogP contribution in [0.2, 0.25) is 0 Å². The van der Waals surface area contributed by atoms with Crippen molar-refractivity contribution in [1.29, 1.82) is 0 Å². The van der Waals surface area contributed by atoms with E-state index in [1.165, 1.54) is 94.3 Å². The van der Waals surface area contributed by atoms with Crippen molar-refractivity contribution in [3.05, 3.63) is 186 Å². The molecule has 0 atom stereocenters. The molecule has 0 saturated carbocycles. The third kappa shape index (κ3) is 5.31. The number of hydrogen-bond acceptors (Lipinski definition) is 2. The quantitative estimate of drug-likeness (QED) is 0.165. The van der Waals surface area contributed by atoms with Crippen LogP contribution in [0.4, 0.5) is 11.4 Å². The summed E-state index contributed by atoms with van der Waals surface area (Å²) in [6, 6.07) is 61.8. The van der Waals surface area contributed by atoms with Crippen LogP contribution in [0.15, 0.2) is 168 Å². The van der Waals surface area contributed by atoms with Crippen molar-refractivity contribution in [3.8, 4) is 50.6 Å². The molecule has 0 saturated heterocycles. The summed E-state index contributed by atoms with van der Waals surface area (Å²) in [7, 11) is 0. The molecule has 4 heterocycles. The largest absolute Gasteiger partial charge is 0.455 e. The van der Waals surface area contributed by atoms with E-state index in [4.69, 9.17) is 4.42 Å². The molecule has 314 valence electrons. The number of aromatic nitrogens is 1. The number of nitrogens with zero attached hydrogens (tertiary/aromatic N) is 2. The summed E-state index contributed by atoms with van der Waals surface area (Å²) >= 11 is 0. The highest BCUT2D eigenvalue weighted by Gasteiger charge is 2.45. The molecule has 0 unspecified atom stereocenters. The number of anilines is 2. The predicted octanol–water partition coefficient (Wildman–Crippen LogP) is 15.0. The molecular formula is C61H51BN2O. The topological polar surface area (TPSA) is 21.3 Å². The van der Waals surface area contributed by atoms with Gasteiger partial charge in [0.1, 0.15) is 11.5 Å². The first kappa shape index (κ1) is 38.4. The van der Waals surface area contributed by atoms with E-state index in [1.54, 1.807) is 0 Å². The molecule has 0 amide bonds. The fraction of sp³-hybridized carbons (Fsp3) is 0.180. The van der Waals surface area contributed by atoms with Gasteiger partial charge >= 0.3 is 6.85 Å². The summed E-state index contributed by atoms with van der Waals surface area (Å²) in [6.45, 7) is 18.6. The fourth-order valence-electron chi connectivity index (χ4n) is 11.7. The molecule has 10 aromatic rings. The highest BCUT2D eigenvalue weighted by molar-refractivity contribution is 6.94. The van der Waals surface area contributed by atoms with Gasteiger partial charge in [0.2, 0.25) is 0 Å². The number of hydrogen-bond donors (Lipinski definition) is 0. The SMILES string of the molecule is CC(C)(C)c1ccc(N2B3c4cc5c(-c6ccccc6)oc(-c6ccccc6)c5cc4-n4c5cc6c(cc5c5ccc(c3c54)-c3cc(C(C)(C)C)ccc32)-c2ccccc2C6(C)C)cc1. The van der Waals surface area contributed by atoms with Gasteiger partial charge in [-0.05, 0) is 103 Å². The molecular weight excluding hydrogens is 787 g/mol. The van der Waals surface area contributed by atoms with Crippen molar-refractivity contribution < 1.29 is 4.42 Å². The van der Waals surface area contributed by atoms with E-state index in [9.17, 15) is 0 Å². The van der Waals surface area contributed by atoms with Crippen LogP contribution in [-0.4, -0.2) is 11.4 Å². The van der Waals surface area contributed by atoms with E-state index in [-0.39, 0.29) is 23.1 Å². The molecule has 8 aromatic carbocycles. The molecule has 4 heteroatoms. The molecule has 3 aliphatic rings. The third-order valence-corrected chi connectivity index (χ3v) is 15.1. The molecule has 2 aliphatic heterocycles.